The van der Waals surface area contributed by atoms with Crippen LogP contribution in [0.5, 0.6) is 0 Å². The Labute approximate surface area is 178 Å². The Hall–Kier alpha value is -2.41. The first-order valence-electron chi connectivity index (χ1n) is 9.55. The predicted octanol–water partition coefficient (Wildman–Crippen LogP) is 3.63. The third-order valence-electron chi connectivity index (χ3n) is 5.44. The monoisotopic (exact) mass is 461 g/mol. The zero-order valence-electron chi connectivity index (χ0n) is 16.9. The van der Waals surface area contributed by atoms with E-state index in [2.05, 4.69) is 21.2 Å². The molecule has 0 saturated carbocycles. The van der Waals surface area contributed by atoms with Gasteiger partial charge in [0, 0.05) is 27.4 Å². The smallest absolute Gasteiger partial charge is 0.336 e. The number of halogens is 1. The highest BCUT2D eigenvalue weighted by Crippen LogP contribution is 2.45. The zero-order chi connectivity index (χ0) is 21.3. The Balaban J connectivity index is 2.18. The van der Waals surface area contributed by atoms with E-state index in [0.717, 1.165) is 15.7 Å². The van der Waals surface area contributed by atoms with Gasteiger partial charge >= 0.3 is 11.9 Å². The van der Waals surface area contributed by atoms with Crippen LogP contribution in [-0.2, 0) is 23.9 Å². The van der Waals surface area contributed by atoms with Crippen molar-refractivity contribution in [1.82, 2.24) is 5.32 Å². The maximum absolute atomic E-state index is 13.5. The van der Waals surface area contributed by atoms with Crippen LogP contribution in [0.1, 0.15) is 38.7 Å². The van der Waals surface area contributed by atoms with Crippen molar-refractivity contribution in [3.8, 4) is 0 Å². The van der Waals surface area contributed by atoms with E-state index < -0.39 is 23.8 Å². The number of nitrogens with one attached hydrogen (secondary N) is 1. The Morgan fingerprint density at radius 2 is 1.90 bits per heavy atom. The lowest BCUT2D eigenvalue weighted by atomic mass is 9.69. The number of Topliss-reactive ketones (excluding diaryl/α,β-unsaturated/α-hetero) is 1. The number of esters is 2. The lowest BCUT2D eigenvalue weighted by Crippen LogP contribution is -2.43. The minimum atomic E-state index is -0.889. The summed E-state index contributed by atoms with van der Waals surface area (Å²) >= 11 is 3.42. The Morgan fingerprint density at radius 1 is 1.24 bits per heavy atom. The van der Waals surface area contributed by atoms with Crippen molar-refractivity contribution in [2.45, 2.75) is 33.1 Å². The summed E-state index contributed by atoms with van der Waals surface area (Å²) in [5, 5.41) is 3.23. The fourth-order valence-electron chi connectivity index (χ4n) is 4.15. The summed E-state index contributed by atoms with van der Waals surface area (Å²) in [5.41, 5.74) is 3.03. The molecule has 7 heteroatoms. The summed E-state index contributed by atoms with van der Waals surface area (Å²) < 4.78 is 11.1. The van der Waals surface area contributed by atoms with Gasteiger partial charge in [-0.15, -0.1) is 0 Å². The Morgan fingerprint density at radius 3 is 2.48 bits per heavy atom. The standard InChI is InChI=1S/C22H24BrNO5/c1-5-29-22(27)17-12(3)24-15-10-11(2)16(21(26)28-4)20(25)19(15)18(17)13-6-8-14(23)9-7-13/h6-9,11,16,18,24H,5,10H2,1-4H3/t11-,16-,18+/m1/s1. The molecule has 0 saturated heterocycles. The maximum atomic E-state index is 13.5. The van der Waals surface area contributed by atoms with Crippen LogP contribution in [0.15, 0.2) is 51.3 Å². The fourth-order valence-corrected chi connectivity index (χ4v) is 4.41. The molecule has 2 aliphatic rings. The molecular formula is C22H24BrNO5. The second-order valence-electron chi connectivity index (χ2n) is 7.31. The molecule has 1 aromatic carbocycles. The van der Waals surface area contributed by atoms with E-state index in [1.807, 2.05) is 38.1 Å². The molecule has 3 atom stereocenters. The molecule has 29 heavy (non-hydrogen) atoms. The van der Waals surface area contributed by atoms with Gasteiger partial charge in [-0.3, -0.25) is 9.59 Å². The first kappa shape index (κ1) is 21.3. The molecule has 1 aliphatic heterocycles. The lowest BCUT2D eigenvalue weighted by Gasteiger charge is -2.38. The summed E-state index contributed by atoms with van der Waals surface area (Å²) in [4.78, 5) is 38.6. The molecule has 0 spiro atoms. The van der Waals surface area contributed by atoms with Crippen LogP contribution in [0.3, 0.4) is 0 Å². The van der Waals surface area contributed by atoms with Crippen LogP contribution in [0.2, 0.25) is 0 Å². The SMILES string of the molecule is CCOC(=O)C1=C(C)NC2=C(C(=O)[C@H](C(=O)OC)[C@H](C)C2)[C@H]1c1ccc(Br)cc1. The van der Waals surface area contributed by atoms with Crippen molar-refractivity contribution in [2.24, 2.45) is 11.8 Å². The van der Waals surface area contributed by atoms with Crippen LogP contribution < -0.4 is 5.32 Å². The summed E-state index contributed by atoms with van der Waals surface area (Å²) in [5.74, 6) is -3.03. The van der Waals surface area contributed by atoms with Crippen molar-refractivity contribution in [3.63, 3.8) is 0 Å². The van der Waals surface area contributed by atoms with Gasteiger partial charge in [-0.1, -0.05) is 35.0 Å². The molecule has 0 amide bonds. The van der Waals surface area contributed by atoms with Gasteiger partial charge < -0.3 is 14.8 Å². The summed E-state index contributed by atoms with van der Waals surface area (Å²) in [6.45, 7) is 5.64. The number of carbonyl (C=O) groups excluding carboxylic acids is 3. The molecule has 1 aliphatic carbocycles. The van der Waals surface area contributed by atoms with Gasteiger partial charge in [0.2, 0.25) is 0 Å². The number of ketones is 1. The van der Waals surface area contributed by atoms with E-state index in [1.54, 1.807) is 6.92 Å². The second-order valence-corrected chi connectivity index (χ2v) is 8.22. The molecule has 0 fully saturated rings. The summed E-state index contributed by atoms with van der Waals surface area (Å²) in [6, 6.07) is 7.47. The lowest BCUT2D eigenvalue weighted by molar-refractivity contribution is -0.151. The van der Waals surface area contributed by atoms with Crippen molar-refractivity contribution < 1.29 is 23.9 Å². The fraction of sp³-hybridized carbons (Fsp3) is 0.409. The number of benzene rings is 1. The zero-order valence-corrected chi connectivity index (χ0v) is 18.5. The number of hydrogen-bond acceptors (Lipinski definition) is 6. The van der Waals surface area contributed by atoms with E-state index >= 15 is 0 Å². The van der Waals surface area contributed by atoms with Crippen molar-refractivity contribution in [2.75, 3.05) is 13.7 Å². The van der Waals surface area contributed by atoms with Gasteiger partial charge in [-0.25, -0.2) is 4.79 Å². The quantitative estimate of drug-likeness (QED) is 0.544. The molecule has 0 radical (unpaired) electrons. The van der Waals surface area contributed by atoms with Crippen molar-refractivity contribution in [3.05, 3.63) is 56.8 Å². The molecule has 154 valence electrons. The van der Waals surface area contributed by atoms with Crippen LogP contribution in [0.25, 0.3) is 0 Å². The normalized spacial score (nSPS) is 24.0. The largest absolute Gasteiger partial charge is 0.468 e. The first-order chi connectivity index (χ1) is 13.8. The third-order valence-corrected chi connectivity index (χ3v) is 5.97. The van der Waals surface area contributed by atoms with Crippen LogP contribution >= 0.6 is 15.9 Å². The number of dihydropyridines is 1. The molecule has 3 rings (SSSR count). The van der Waals surface area contributed by atoms with Crippen LogP contribution in [-0.4, -0.2) is 31.4 Å². The number of methoxy groups -OCH3 is 1. The van der Waals surface area contributed by atoms with Crippen LogP contribution in [0.4, 0.5) is 0 Å². The molecule has 1 aromatic rings. The van der Waals surface area contributed by atoms with E-state index in [-0.39, 0.29) is 18.3 Å². The van der Waals surface area contributed by atoms with Crippen LogP contribution in [0, 0.1) is 11.8 Å². The maximum Gasteiger partial charge on any atom is 0.336 e. The topological polar surface area (TPSA) is 81.7 Å². The van der Waals surface area contributed by atoms with Crippen molar-refractivity contribution in [1.29, 1.82) is 0 Å². The molecule has 0 bridgehead atoms. The number of allylic oxidation sites excluding steroid dienone is 3. The van der Waals surface area contributed by atoms with E-state index in [1.165, 1.54) is 7.11 Å². The highest BCUT2D eigenvalue weighted by molar-refractivity contribution is 9.10. The minimum absolute atomic E-state index is 0.205. The van der Waals surface area contributed by atoms with E-state index in [0.29, 0.717) is 23.3 Å². The molecule has 1 N–H and O–H groups in total. The molecule has 1 heterocycles. The molecule has 6 nitrogen and oxygen atoms in total. The molecule has 0 unspecified atom stereocenters. The van der Waals surface area contributed by atoms with E-state index in [9.17, 15) is 14.4 Å². The van der Waals surface area contributed by atoms with Gasteiger partial charge in [-0.05, 0) is 43.9 Å². The Kier molecular flexibility index (Phi) is 6.27. The number of ether oxygens (including phenoxy) is 2. The first-order valence-corrected chi connectivity index (χ1v) is 10.3. The molecular weight excluding hydrogens is 438 g/mol. The highest BCUT2D eigenvalue weighted by atomic mass is 79.9. The molecule has 0 aromatic heterocycles. The van der Waals surface area contributed by atoms with Gasteiger partial charge in [0.15, 0.2) is 5.78 Å². The highest BCUT2D eigenvalue weighted by Gasteiger charge is 2.47. The number of hydrogen-bond donors (Lipinski definition) is 1. The van der Waals surface area contributed by atoms with Gasteiger partial charge in [0.1, 0.15) is 5.92 Å². The van der Waals surface area contributed by atoms with Gasteiger partial charge in [0.25, 0.3) is 0 Å². The third kappa shape index (κ3) is 3.88. The average molecular weight is 462 g/mol. The summed E-state index contributed by atoms with van der Waals surface area (Å²) in [6.07, 6.45) is 0.515. The van der Waals surface area contributed by atoms with Gasteiger partial charge in [0.05, 0.1) is 19.3 Å². The van der Waals surface area contributed by atoms with E-state index in [4.69, 9.17) is 9.47 Å². The number of rotatable bonds is 4. The average Bonchev–Trinajstić information content (AvgIpc) is 2.67. The predicted molar refractivity (Wildman–Crippen MR) is 111 cm³/mol. The second kappa shape index (κ2) is 8.53. The number of carbonyl (C=O) groups is 3. The Bertz CT molecular complexity index is 916. The van der Waals surface area contributed by atoms with Crippen molar-refractivity contribution >= 4 is 33.7 Å². The van der Waals surface area contributed by atoms with Gasteiger partial charge in [-0.2, -0.15) is 0 Å². The minimum Gasteiger partial charge on any atom is -0.468 e. The summed E-state index contributed by atoms with van der Waals surface area (Å²) in [7, 11) is 1.28.